The van der Waals surface area contributed by atoms with Crippen LogP contribution in [-0.2, 0) is 5.41 Å². The Labute approximate surface area is 326 Å². The van der Waals surface area contributed by atoms with Gasteiger partial charge in [-0.1, -0.05) is 188 Å². The molecule has 0 atom stereocenters. The van der Waals surface area contributed by atoms with Crippen LogP contribution < -0.4 is 4.74 Å². The largest absolute Gasteiger partial charge is 0.456 e. The van der Waals surface area contributed by atoms with E-state index in [-0.39, 0.29) is 0 Å². The Balaban J connectivity index is 1.12. The fourth-order valence-corrected chi connectivity index (χ4v) is 8.85. The van der Waals surface area contributed by atoms with Crippen molar-refractivity contribution < 1.29 is 4.74 Å². The van der Waals surface area contributed by atoms with Gasteiger partial charge in [-0.3, -0.25) is 0 Å². The maximum absolute atomic E-state index is 7.02. The zero-order chi connectivity index (χ0) is 37.1. The number of ether oxygens (including phenoxy) is 1. The van der Waals surface area contributed by atoms with Crippen molar-refractivity contribution in [3.63, 3.8) is 0 Å². The fraction of sp³-hybridized carbons (Fsp3) is 0.0189. The molecule has 1 aliphatic heterocycles. The molecule has 0 bridgehead atoms. The van der Waals surface area contributed by atoms with Crippen molar-refractivity contribution in [3.05, 3.63) is 229 Å². The van der Waals surface area contributed by atoms with E-state index in [9.17, 15) is 0 Å². The predicted molar refractivity (Wildman–Crippen MR) is 227 cm³/mol. The summed E-state index contributed by atoms with van der Waals surface area (Å²) in [5.41, 5.74) is 15.9. The van der Waals surface area contributed by atoms with Crippen molar-refractivity contribution in [3.8, 4) is 78.8 Å². The standard InChI is InChI=1S/C53H34N2O/c1-3-14-35(15-4-1)37-26-30-39(31-27-37)48-34-49(40-32-28-38(29-33-40)36-16-5-2-6-17-36)55-52(54-48)43-20-13-24-47-51(43)56-50-25-12-11-23-46(50)53(47)44-21-9-7-18-41(44)42-19-8-10-22-45(42)53/h1-34H. The highest BCUT2D eigenvalue weighted by Gasteiger charge is 2.51. The Bertz CT molecular complexity index is 2770. The molecule has 2 heterocycles. The van der Waals surface area contributed by atoms with Crippen LogP contribution in [0.4, 0.5) is 0 Å². The molecule has 0 saturated carbocycles. The molecule has 1 aromatic heterocycles. The normalized spacial score (nSPS) is 12.9. The Hall–Kier alpha value is -7.36. The zero-order valence-electron chi connectivity index (χ0n) is 30.4. The first-order valence-corrected chi connectivity index (χ1v) is 19.1. The number of rotatable bonds is 5. The lowest BCUT2D eigenvalue weighted by atomic mass is 9.66. The molecule has 1 spiro atoms. The Morgan fingerprint density at radius 2 is 0.732 bits per heavy atom. The van der Waals surface area contributed by atoms with Gasteiger partial charge < -0.3 is 4.74 Å². The minimum atomic E-state index is -0.575. The van der Waals surface area contributed by atoms with Crippen LogP contribution in [0.15, 0.2) is 206 Å². The van der Waals surface area contributed by atoms with Gasteiger partial charge in [0.1, 0.15) is 11.5 Å². The van der Waals surface area contributed by atoms with E-state index in [2.05, 4.69) is 194 Å². The van der Waals surface area contributed by atoms with Crippen LogP contribution in [0.25, 0.3) is 67.3 Å². The molecule has 1 aliphatic carbocycles. The summed E-state index contributed by atoms with van der Waals surface area (Å²) in [5, 5.41) is 0. The van der Waals surface area contributed by atoms with E-state index in [1.54, 1.807) is 0 Å². The van der Waals surface area contributed by atoms with Gasteiger partial charge in [0.05, 0.1) is 22.4 Å². The van der Waals surface area contributed by atoms with Gasteiger partial charge in [0.15, 0.2) is 5.82 Å². The van der Waals surface area contributed by atoms with Gasteiger partial charge in [0, 0.05) is 22.3 Å². The van der Waals surface area contributed by atoms with Gasteiger partial charge in [0.25, 0.3) is 0 Å². The second-order valence-corrected chi connectivity index (χ2v) is 14.5. The molecule has 0 amide bonds. The molecule has 56 heavy (non-hydrogen) atoms. The number of nitrogens with zero attached hydrogens (tertiary/aromatic N) is 2. The van der Waals surface area contributed by atoms with Crippen LogP contribution in [0, 0.1) is 0 Å². The van der Waals surface area contributed by atoms with Crippen molar-refractivity contribution >= 4 is 0 Å². The smallest absolute Gasteiger partial charge is 0.164 e. The maximum Gasteiger partial charge on any atom is 0.164 e. The van der Waals surface area contributed by atoms with Crippen LogP contribution in [0.2, 0.25) is 0 Å². The summed E-state index contributed by atoms with van der Waals surface area (Å²) in [6.45, 7) is 0. The molecule has 0 unspecified atom stereocenters. The molecule has 0 N–H and O–H groups in total. The third kappa shape index (κ3) is 4.98. The first-order valence-electron chi connectivity index (χ1n) is 19.1. The lowest BCUT2D eigenvalue weighted by molar-refractivity contribution is 0.437. The number of aromatic nitrogens is 2. The third-order valence-electron chi connectivity index (χ3n) is 11.4. The van der Waals surface area contributed by atoms with Gasteiger partial charge in [-0.15, -0.1) is 0 Å². The number of benzene rings is 8. The molecule has 0 fully saturated rings. The highest BCUT2D eigenvalue weighted by Crippen LogP contribution is 2.63. The van der Waals surface area contributed by atoms with Crippen LogP contribution in [-0.4, -0.2) is 9.97 Å². The van der Waals surface area contributed by atoms with Crippen LogP contribution in [0.1, 0.15) is 22.3 Å². The number of hydrogen-bond donors (Lipinski definition) is 0. The van der Waals surface area contributed by atoms with Gasteiger partial charge in [0.2, 0.25) is 0 Å². The summed E-state index contributed by atoms with van der Waals surface area (Å²) in [4.78, 5) is 10.7. The van der Waals surface area contributed by atoms with Crippen molar-refractivity contribution in [1.29, 1.82) is 0 Å². The minimum Gasteiger partial charge on any atom is -0.456 e. The highest BCUT2D eigenvalue weighted by atomic mass is 16.5. The maximum atomic E-state index is 7.02. The molecule has 0 radical (unpaired) electrons. The summed E-state index contributed by atoms with van der Waals surface area (Å²) in [6.07, 6.45) is 0. The molecule has 262 valence electrons. The molecule has 9 aromatic rings. The molecule has 3 nitrogen and oxygen atoms in total. The SMILES string of the molecule is c1ccc(-c2ccc(-c3cc(-c4ccc(-c5ccccc5)cc4)nc(-c4cccc5c4Oc4ccccc4C54c5ccccc5-c5ccccc54)n3)cc2)cc1. The molecule has 8 aromatic carbocycles. The molecular formula is C53H34N2O. The molecule has 11 rings (SSSR count). The summed E-state index contributed by atoms with van der Waals surface area (Å²) in [6, 6.07) is 72.9. The summed E-state index contributed by atoms with van der Waals surface area (Å²) >= 11 is 0. The molecular weight excluding hydrogens is 681 g/mol. The Morgan fingerprint density at radius 1 is 0.321 bits per heavy atom. The van der Waals surface area contributed by atoms with E-state index in [0.717, 1.165) is 61.8 Å². The van der Waals surface area contributed by atoms with Gasteiger partial charge in [-0.25, -0.2) is 9.97 Å². The van der Waals surface area contributed by atoms with Gasteiger partial charge >= 0.3 is 0 Å². The van der Waals surface area contributed by atoms with E-state index in [1.165, 1.54) is 33.4 Å². The number of hydrogen-bond acceptors (Lipinski definition) is 3. The first kappa shape index (κ1) is 32.1. The van der Waals surface area contributed by atoms with Crippen molar-refractivity contribution in [2.45, 2.75) is 5.41 Å². The molecule has 3 heteroatoms. The summed E-state index contributed by atoms with van der Waals surface area (Å²) < 4.78 is 7.02. The second-order valence-electron chi connectivity index (χ2n) is 14.5. The van der Waals surface area contributed by atoms with E-state index in [1.807, 2.05) is 12.1 Å². The first-order chi connectivity index (χ1) is 27.8. The average Bonchev–Trinajstić information content (AvgIpc) is 3.57. The summed E-state index contributed by atoms with van der Waals surface area (Å²) in [7, 11) is 0. The van der Waals surface area contributed by atoms with Crippen LogP contribution in [0.3, 0.4) is 0 Å². The quantitative estimate of drug-likeness (QED) is 0.178. The van der Waals surface area contributed by atoms with Crippen molar-refractivity contribution in [1.82, 2.24) is 9.97 Å². The average molecular weight is 715 g/mol. The number of para-hydroxylation sites is 2. The van der Waals surface area contributed by atoms with Crippen LogP contribution in [0.5, 0.6) is 11.5 Å². The van der Waals surface area contributed by atoms with Crippen molar-refractivity contribution in [2.75, 3.05) is 0 Å². The van der Waals surface area contributed by atoms with E-state index >= 15 is 0 Å². The van der Waals surface area contributed by atoms with E-state index in [4.69, 9.17) is 14.7 Å². The number of fused-ring (bicyclic) bond motifs is 9. The Kier molecular flexibility index (Phi) is 7.39. The Morgan fingerprint density at radius 3 is 1.29 bits per heavy atom. The third-order valence-corrected chi connectivity index (χ3v) is 11.4. The zero-order valence-corrected chi connectivity index (χ0v) is 30.4. The molecule has 2 aliphatic rings. The fourth-order valence-electron chi connectivity index (χ4n) is 8.85. The van der Waals surface area contributed by atoms with E-state index in [0.29, 0.717) is 5.82 Å². The second kappa shape index (κ2) is 12.9. The van der Waals surface area contributed by atoms with E-state index < -0.39 is 5.41 Å². The predicted octanol–water partition coefficient (Wildman–Crippen LogP) is 13.3. The van der Waals surface area contributed by atoms with Crippen molar-refractivity contribution in [2.24, 2.45) is 0 Å². The molecule has 0 saturated heterocycles. The topological polar surface area (TPSA) is 35.0 Å². The highest BCUT2D eigenvalue weighted by molar-refractivity contribution is 5.90. The van der Waals surface area contributed by atoms with Crippen LogP contribution >= 0.6 is 0 Å². The minimum absolute atomic E-state index is 0.575. The monoisotopic (exact) mass is 714 g/mol. The van der Waals surface area contributed by atoms with Gasteiger partial charge in [-0.2, -0.15) is 0 Å². The lowest BCUT2D eigenvalue weighted by Gasteiger charge is -2.39. The van der Waals surface area contributed by atoms with Gasteiger partial charge in [-0.05, 0) is 62.7 Å². The lowest BCUT2D eigenvalue weighted by Crippen LogP contribution is -2.32. The summed E-state index contributed by atoms with van der Waals surface area (Å²) in [5.74, 6) is 2.23.